The van der Waals surface area contributed by atoms with E-state index in [9.17, 15) is 4.79 Å². The van der Waals surface area contributed by atoms with Crippen LogP contribution in [0.3, 0.4) is 0 Å². The lowest BCUT2D eigenvalue weighted by atomic mass is 9.96. The summed E-state index contributed by atoms with van der Waals surface area (Å²) in [6, 6.07) is 3.52. The van der Waals surface area contributed by atoms with Crippen LogP contribution in [0.4, 0.5) is 5.69 Å². The monoisotopic (exact) mass is 366 g/mol. The van der Waals surface area contributed by atoms with Gasteiger partial charge < -0.3 is 19.5 Å². The summed E-state index contributed by atoms with van der Waals surface area (Å²) in [5, 5.41) is 2.92. The van der Waals surface area contributed by atoms with Gasteiger partial charge in [-0.3, -0.25) is 4.79 Å². The molecule has 0 aromatic carbocycles. The summed E-state index contributed by atoms with van der Waals surface area (Å²) < 4.78 is 16.6. The Labute approximate surface area is 157 Å². The highest BCUT2D eigenvalue weighted by atomic mass is 16.5. The minimum absolute atomic E-state index is 0.131. The van der Waals surface area contributed by atoms with Gasteiger partial charge in [0.25, 0.3) is 5.91 Å². The summed E-state index contributed by atoms with van der Waals surface area (Å²) >= 11 is 0. The van der Waals surface area contributed by atoms with Crippen LogP contribution in [0.25, 0.3) is 0 Å². The van der Waals surface area contributed by atoms with Crippen molar-refractivity contribution in [2.24, 2.45) is 0 Å². The van der Waals surface area contributed by atoms with E-state index < -0.39 is 5.60 Å². The largest absolute Gasteiger partial charge is 0.475 e. The normalized spacial score (nSPS) is 13.2. The van der Waals surface area contributed by atoms with Crippen LogP contribution in [0, 0.1) is 0 Å². The number of amides is 1. The highest BCUT2D eigenvalue weighted by Gasteiger charge is 2.33. The molecule has 1 rings (SSSR count). The van der Waals surface area contributed by atoms with Crippen LogP contribution in [0.1, 0.15) is 59.8 Å². The Morgan fingerprint density at radius 2 is 1.92 bits per heavy atom. The maximum absolute atomic E-state index is 12.8. The number of hydrogen-bond acceptors (Lipinski definition) is 5. The van der Waals surface area contributed by atoms with E-state index in [2.05, 4.69) is 17.2 Å². The highest BCUT2D eigenvalue weighted by Crippen LogP contribution is 2.23. The number of nitrogens with one attached hydrogen (secondary N) is 1. The number of carbonyl (C=O) groups excluding carboxylic acids is 1. The summed E-state index contributed by atoms with van der Waals surface area (Å²) in [5.41, 5.74) is -0.188. The van der Waals surface area contributed by atoms with E-state index in [-0.39, 0.29) is 5.91 Å². The smallest absolute Gasteiger partial charge is 0.256 e. The lowest BCUT2D eigenvalue weighted by molar-refractivity contribution is -0.140. The number of ether oxygens (including phenoxy) is 3. The van der Waals surface area contributed by atoms with Gasteiger partial charge in [-0.15, -0.1) is 0 Å². The van der Waals surface area contributed by atoms with E-state index >= 15 is 0 Å². The zero-order chi connectivity index (χ0) is 19.3. The van der Waals surface area contributed by atoms with E-state index in [0.717, 1.165) is 25.7 Å². The van der Waals surface area contributed by atoms with E-state index in [1.165, 1.54) is 0 Å². The molecular weight excluding hydrogens is 332 g/mol. The molecule has 1 N–H and O–H groups in total. The number of rotatable bonds is 14. The Morgan fingerprint density at radius 1 is 1.12 bits per heavy atom. The molecule has 0 saturated carbocycles. The molecule has 0 fully saturated rings. The van der Waals surface area contributed by atoms with Crippen LogP contribution in [0.5, 0.6) is 5.88 Å². The Hall–Kier alpha value is -1.66. The van der Waals surface area contributed by atoms with Crippen molar-refractivity contribution < 1.29 is 19.0 Å². The highest BCUT2D eigenvalue weighted by molar-refractivity contribution is 5.96. The van der Waals surface area contributed by atoms with Crippen LogP contribution < -0.4 is 10.1 Å². The minimum atomic E-state index is -0.822. The fourth-order valence-electron chi connectivity index (χ4n) is 2.44. The Balaban J connectivity index is 2.60. The number of nitrogens with zero attached hydrogens (tertiary/aromatic N) is 1. The molecule has 148 valence electrons. The standard InChI is InChI=1S/C20H34N2O4/c1-5-8-9-12-20(4,26-13-6-2)19(23)22-17-10-11-18(21-16-17)25-15-14-24-7-3/h10-11,16H,5-9,12-15H2,1-4H3,(H,22,23)/t20-/m0/s1. The van der Waals surface area contributed by atoms with Gasteiger partial charge in [-0.25, -0.2) is 4.98 Å². The molecule has 0 spiro atoms. The lowest BCUT2D eigenvalue weighted by Gasteiger charge is -2.28. The fraction of sp³-hybridized carbons (Fsp3) is 0.700. The van der Waals surface area contributed by atoms with Gasteiger partial charge in [0.1, 0.15) is 12.2 Å². The van der Waals surface area contributed by atoms with Crippen molar-refractivity contribution in [3.63, 3.8) is 0 Å². The molecule has 26 heavy (non-hydrogen) atoms. The van der Waals surface area contributed by atoms with Gasteiger partial charge in [0.15, 0.2) is 0 Å². The van der Waals surface area contributed by atoms with Crippen molar-refractivity contribution in [1.82, 2.24) is 4.98 Å². The SMILES string of the molecule is CCCCC[C@](C)(OCCC)C(=O)Nc1ccc(OCCOCC)nc1. The van der Waals surface area contributed by atoms with E-state index in [0.29, 0.717) is 44.4 Å². The summed E-state index contributed by atoms with van der Waals surface area (Å²) in [7, 11) is 0. The molecule has 1 aromatic rings. The average Bonchev–Trinajstić information content (AvgIpc) is 2.65. The first-order valence-electron chi connectivity index (χ1n) is 9.67. The molecule has 0 aliphatic rings. The second-order valence-electron chi connectivity index (χ2n) is 6.42. The van der Waals surface area contributed by atoms with Gasteiger partial charge in [-0.05, 0) is 32.8 Å². The van der Waals surface area contributed by atoms with Gasteiger partial charge in [-0.1, -0.05) is 33.1 Å². The van der Waals surface area contributed by atoms with Crippen molar-refractivity contribution in [2.45, 2.75) is 65.4 Å². The molecule has 1 amide bonds. The van der Waals surface area contributed by atoms with E-state index in [4.69, 9.17) is 14.2 Å². The molecule has 0 aliphatic heterocycles. The quantitative estimate of drug-likeness (QED) is 0.500. The zero-order valence-electron chi connectivity index (χ0n) is 16.7. The Bertz CT molecular complexity index is 507. The molecule has 1 atom stereocenters. The number of anilines is 1. The van der Waals surface area contributed by atoms with Crippen molar-refractivity contribution in [3.05, 3.63) is 18.3 Å². The third-order valence-electron chi connectivity index (χ3n) is 4.04. The Kier molecular flexibility index (Phi) is 10.9. The summed E-state index contributed by atoms with van der Waals surface area (Å²) in [6.07, 6.45) is 6.35. The number of unbranched alkanes of at least 4 members (excludes halogenated alkanes) is 2. The number of carbonyl (C=O) groups is 1. The molecule has 0 unspecified atom stereocenters. The van der Waals surface area contributed by atoms with Crippen molar-refractivity contribution in [1.29, 1.82) is 0 Å². The van der Waals surface area contributed by atoms with Gasteiger partial charge in [-0.2, -0.15) is 0 Å². The van der Waals surface area contributed by atoms with Gasteiger partial charge in [0, 0.05) is 19.3 Å². The summed E-state index contributed by atoms with van der Waals surface area (Å²) in [4.78, 5) is 17.0. The minimum Gasteiger partial charge on any atom is -0.475 e. The van der Waals surface area contributed by atoms with E-state index in [1.807, 2.05) is 20.8 Å². The third-order valence-corrected chi connectivity index (χ3v) is 4.04. The topological polar surface area (TPSA) is 69.7 Å². The number of hydrogen-bond donors (Lipinski definition) is 1. The van der Waals surface area contributed by atoms with Crippen LogP contribution in [0.2, 0.25) is 0 Å². The first-order valence-corrected chi connectivity index (χ1v) is 9.67. The zero-order valence-corrected chi connectivity index (χ0v) is 16.7. The molecule has 1 aromatic heterocycles. The maximum Gasteiger partial charge on any atom is 0.256 e. The maximum atomic E-state index is 12.8. The second kappa shape index (κ2) is 12.7. The predicted molar refractivity (Wildman–Crippen MR) is 104 cm³/mol. The van der Waals surface area contributed by atoms with Crippen LogP contribution in [-0.4, -0.2) is 42.9 Å². The molecule has 0 bridgehead atoms. The molecule has 0 saturated heterocycles. The predicted octanol–water partition coefficient (Wildman–Crippen LogP) is 4.20. The third kappa shape index (κ3) is 8.15. The molecule has 6 nitrogen and oxygen atoms in total. The van der Waals surface area contributed by atoms with Crippen molar-refractivity contribution in [3.8, 4) is 5.88 Å². The molecule has 1 heterocycles. The first-order chi connectivity index (χ1) is 12.6. The summed E-state index contributed by atoms with van der Waals surface area (Å²) in [6.45, 7) is 10.2. The molecule has 0 radical (unpaired) electrons. The average molecular weight is 367 g/mol. The molecule has 0 aliphatic carbocycles. The lowest BCUT2D eigenvalue weighted by Crippen LogP contribution is -2.43. The molecule has 6 heteroatoms. The fourth-order valence-corrected chi connectivity index (χ4v) is 2.44. The number of aromatic nitrogens is 1. The van der Waals surface area contributed by atoms with Gasteiger partial charge in [0.2, 0.25) is 5.88 Å². The number of pyridine rings is 1. The van der Waals surface area contributed by atoms with E-state index in [1.54, 1.807) is 18.3 Å². The van der Waals surface area contributed by atoms with Crippen LogP contribution in [0.15, 0.2) is 18.3 Å². The van der Waals surface area contributed by atoms with Crippen molar-refractivity contribution in [2.75, 3.05) is 31.7 Å². The first kappa shape index (κ1) is 22.4. The Morgan fingerprint density at radius 3 is 2.54 bits per heavy atom. The summed E-state index contributed by atoms with van der Waals surface area (Å²) in [5.74, 6) is 0.379. The van der Waals surface area contributed by atoms with Gasteiger partial charge in [0.05, 0.1) is 18.5 Å². The second-order valence-corrected chi connectivity index (χ2v) is 6.42. The van der Waals surface area contributed by atoms with Gasteiger partial charge >= 0.3 is 0 Å². The van der Waals surface area contributed by atoms with Crippen molar-refractivity contribution >= 4 is 11.6 Å². The van der Waals surface area contributed by atoms with Crippen LogP contribution >= 0.6 is 0 Å². The van der Waals surface area contributed by atoms with Crippen LogP contribution in [-0.2, 0) is 14.3 Å². The molecular formula is C20H34N2O4.